The molecule has 0 fully saturated rings. The highest BCUT2D eigenvalue weighted by molar-refractivity contribution is 6.30. The highest BCUT2D eigenvalue weighted by Crippen LogP contribution is 2.20. The lowest BCUT2D eigenvalue weighted by Crippen LogP contribution is -2.35. The highest BCUT2D eigenvalue weighted by Gasteiger charge is 2.14. The van der Waals surface area contributed by atoms with Gasteiger partial charge in [0.05, 0.1) is 0 Å². The van der Waals surface area contributed by atoms with E-state index >= 15 is 0 Å². The van der Waals surface area contributed by atoms with Gasteiger partial charge in [-0.3, -0.25) is 0 Å². The van der Waals surface area contributed by atoms with E-state index in [1.165, 1.54) is 5.56 Å². The van der Waals surface area contributed by atoms with Crippen LogP contribution in [0.3, 0.4) is 0 Å². The predicted molar refractivity (Wildman–Crippen MR) is 90.9 cm³/mol. The first-order chi connectivity index (χ1) is 10.1. The molecule has 0 aromatic heterocycles. The van der Waals surface area contributed by atoms with Gasteiger partial charge in [0.2, 0.25) is 0 Å². The van der Waals surface area contributed by atoms with Crippen LogP contribution in [0.2, 0.25) is 5.02 Å². The van der Waals surface area contributed by atoms with Crippen molar-refractivity contribution < 1.29 is 5.11 Å². The van der Waals surface area contributed by atoms with Gasteiger partial charge in [0.25, 0.3) is 0 Å². The van der Waals surface area contributed by atoms with Crippen LogP contribution in [0.1, 0.15) is 45.2 Å². The van der Waals surface area contributed by atoms with Crippen molar-refractivity contribution in [2.45, 2.75) is 45.7 Å². The molecule has 2 N–H and O–H groups in total. The van der Waals surface area contributed by atoms with Gasteiger partial charge in [0.1, 0.15) is 0 Å². The van der Waals surface area contributed by atoms with Crippen LogP contribution in [0.4, 0.5) is 0 Å². The van der Waals surface area contributed by atoms with E-state index in [4.69, 9.17) is 16.7 Å². The molecule has 0 bridgehead atoms. The minimum Gasteiger partial charge on any atom is -0.396 e. The van der Waals surface area contributed by atoms with Crippen molar-refractivity contribution >= 4 is 11.6 Å². The van der Waals surface area contributed by atoms with Crippen molar-refractivity contribution in [1.82, 2.24) is 10.2 Å². The summed E-state index contributed by atoms with van der Waals surface area (Å²) in [6, 6.07) is 8.96. The third kappa shape index (κ3) is 6.79. The average Bonchev–Trinajstić information content (AvgIpc) is 2.46. The van der Waals surface area contributed by atoms with Gasteiger partial charge in [0, 0.05) is 36.8 Å². The summed E-state index contributed by atoms with van der Waals surface area (Å²) >= 11 is 5.97. The van der Waals surface area contributed by atoms with Crippen molar-refractivity contribution in [3.8, 4) is 0 Å². The van der Waals surface area contributed by atoms with Crippen LogP contribution >= 0.6 is 11.6 Å². The number of hydrogen-bond acceptors (Lipinski definition) is 3. The zero-order valence-corrected chi connectivity index (χ0v) is 14.2. The Morgan fingerprint density at radius 1 is 1.19 bits per heavy atom. The number of nitrogens with one attached hydrogen (secondary N) is 1. The maximum absolute atomic E-state index is 9.01. The number of rotatable bonds is 10. The summed E-state index contributed by atoms with van der Waals surface area (Å²) in [7, 11) is 0. The standard InChI is InChI=1S/C17H29ClN2O/c1-4-19-17(15-6-8-16(18)9-7-15)10-12-20(14(2)3)11-5-13-21/h6-9,14,17,19,21H,4-5,10-13H2,1-3H3. The number of halogens is 1. The maximum Gasteiger partial charge on any atom is 0.0443 e. The van der Waals surface area contributed by atoms with Crippen molar-refractivity contribution in [2.24, 2.45) is 0 Å². The Balaban J connectivity index is 2.62. The Morgan fingerprint density at radius 3 is 2.38 bits per heavy atom. The third-order valence-corrected chi connectivity index (χ3v) is 4.01. The van der Waals surface area contributed by atoms with Crippen LogP contribution in [0, 0.1) is 0 Å². The second kappa shape index (κ2) is 10.2. The average molecular weight is 313 g/mol. The van der Waals surface area contributed by atoms with Gasteiger partial charge >= 0.3 is 0 Å². The van der Waals surface area contributed by atoms with E-state index in [1.807, 2.05) is 12.1 Å². The molecule has 1 aromatic carbocycles. The first-order valence-corrected chi connectivity index (χ1v) is 8.30. The van der Waals surface area contributed by atoms with Crippen LogP contribution in [0.25, 0.3) is 0 Å². The van der Waals surface area contributed by atoms with Crippen LogP contribution in [-0.4, -0.2) is 42.3 Å². The fraction of sp³-hybridized carbons (Fsp3) is 0.647. The maximum atomic E-state index is 9.01. The van der Waals surface area contributed by atoms with Gasteiger partial charge in [-0.05, 0) is 50.9 Å². The normalized spacial score (nSPS) is 13.1. The minimum atomic E-state index is 0.261. The van der Waals surface area contributed by atoms with Crippen LogP contribution in [0.15, 0.2) is 24.3 Å². The molecule has 120 valence electrons. The van der Waals surface area contributed by atoms with E-state index in [2.05, 4.69) is 43.1 Å². The summed E-state index contributed by atoms with van der Waals surface area (Å²) in [5.74, 6) is 0. The molecule has 0 amide bonds. The molecule has 0 saturated heterocycles. The summed E-state index contributed by atoms with van der Waals surface area (Å²) < 4.78 is 0. The minimum absolute atomic E-state index is 0.261. The van der Waals surface area contributed by atoms with E-state index < -0.39 is 0 Å². The molecule has 0 heterocycles. The molecule has 0 aliphatic heterocycles. The van der Waals surface area contributed by atoms with Crippen molar-refractivity contribution in [3.05, 3.63) is 34.9 Å². The molecular formula is C17H29ClN2O. The highest BCUT2D eigenvalue weighted by atomic mass is 35.5. The zero-order valence-electron chi connectivity index (χ0n) is 13.5. The lowest BCUT2D eigenvalue weighted by Gasteiger charge is -2.28. The molecule has 1 rings (SSSR count). The first kappa shape index (κ1) is 18.4. The Bertz CT molecular complexity index is 381. The fourth-order valence-corrected chi connectivity index (χ4v) is 2.65. The van der Waals surface area contributed by atoms with Crippen molar-refractivity contribution in [1.29, 1.82) is 0 Å². The summed E-state index contributed by atoms with van der Waals surface area (Å²) in [6.45, 7) is 9.74. The third-order valence-electron chi connectivity index (χ3n) is 3.76. The second-order valence-corrected chi connectivity index (χ2v) is 6.09. The van der Waals surface area contributed by atoms with Crippen LogP contribution in [0.5, 0.6) is 0 Å². The van der Waals surface area contributed by atoms with E-state index in [0.29, 0.717) is 12.1 Å². The van der Waals surface area contributed by atoms with Crippen LogP contribution in [-0.2, 0) is 0 Å². The lowest BCUT2D eigenvalue weighted by molar-refractivity contribution is 0.184. The van der Waals surface area contributed by atoms with Gasteiger partial charge in [-0.1, -0.05) is 30.7 Å². The molecule has 1 atom stereocenters. The van der Waals surface area contributed by atoms with Gasteiger partial charge in [-0.25, -0.2) is 0 Å². The van der Waals surface area contributed by atoms with E-state index in [0.717, 1.165) is 37.5 Å². The molecule has 0 radical (unpaired) electrons. The second-order valence-electron chi connectivity index (χ2n) is 5.66. The number of aliphatic hydroxyl groups excluding tert-OH is 1. The first-order valence-electron chi connectivity index (χ1n) is 7.92. The molecule has 1 aromatic rings. The molecule has 0 spiro atoms. The van der Waals surface area contributed by atoms with E-state index in [9.17, 15) is 0 Å². The number of nitrogens with zero attached hydrogens (tertiary/aromatic N) is 1. The molecule has 3 nitrogen and oxygen atoms in total. The zero-order chi connectivity index (χ0) is 15.7. The SMILES string of the molecule is CCNC(CCN(CCCO)C(C)C)c1ccc(Cl)cc1. The fourth-order valence-electron chi connectivity index (χ4n) is 2.52. The molecular weight excluding hydrogens is 284 g/mol. The summed E-state index contributed by atoms with van der Waals surface area (Å²) in [6.07, 6.45) is 1.89. The molecule has 21 heavy (non-hydrogen) atoms. The van der Waals surface area contributed by atoms with Gasteiger partial charge < -0.3 is 15.3 Å². The largest absolute Gasteiger partial charge is 0.396 e. The molecule has 0 aliphatic rings. The quantitative estimate of drug-likeness (QED) is 0.694. The predicted octanol–water partition coefficient (Wildman–Crippen LogP) is 3.47. The lowest BCUT2D eigenvalue weighted by atomic mass is 10.0. The Labute approximate surface area is 134 Å². The Morgan fingerprint density at radius 2 is 1.86 bits per heavy atom. The topological polar surface area (TPSA) is 35.5 Å². The summed E-state index contributed by atoms with van der Waals surface area (Å²) in [5.41, 5.74) is 1.28. The smallest absolute Gasteiger partial charge is 0.0443 e. The number of aliphatic hydroxyl groups is 1. The monoisotopic (exact) mass is 312 g/mol. The molecule has 4 heteroatoms. The van der Waals surface area contributed by atoms with Crippen molar-refractivity contribution in [3.63, 3.8) is 0 Å². The number of benzene rings is 1. The summed E-state index contributed by atoms with van der Waals surface area (Å²) in [5, 5.41) is 13.3. The Hall–Kier alpha value is -0.610. The van der Waals surface area contributed by atoms with Gasteiger partial charge in [-0.15, -0.1) is 0 Å². The molecule has 1 unspecified atom stereocenters. The number of hydrogen-bond donors (Lipinski definition) is 2. The van der Waals surface area contributed by atoms with Crippen molar-refractivity contribution in [2.75, 3.05) is 26.2 Å². The van der Waals surface area contributed by atoms with E-state index in [-0.39, 0.29) is 6.61 Å². The van der Waals surface area contributed by atoms with Crippen LogP contribution < -0.4 is 5.32 Å². The molecule has 0 saturated carbocycles. The Kier molecular flexibility index (Phi) is 8.93. The molecule has 0 aliphatic carbocycles. The van der Waals surface area contributed by atoms with Gasteiger partial charge in [-0.2, -0.15) is 0 Å². The summed E-state index contributed by atoms with van der Waals surface area (Å²) in [4.78, 5) is 2.43. The van der Waals surface area contributed by atoms with E-state index in [1.54, 1.807) is 0 Å². The van der Waals surface area contributed by atoms with Gasteiger partial charge in [0.15, 0.2) is 0 Å².